The van der Waals surface area contributed by atoms with Gasteiger partial charge in [0.05, 0.1) is 6.20 Å². The van der Waals surface area contributed by atoms with Gasteiger partial charge in [-0.15, -0.1) is 10.2 Å². The number of hydrogen-bond acceptors (Lipinski definition) is 3. The minimum Gasteiger partial charge on any atom is -0.280 e. The first kappa shape index (κ1) is 3.59. The Labute approximate surface area is 44.5 Å². The van der Waals surface area contributed by atoms with E-state index in [1.54, 1.807) is 6.20 Å². The van der Waals surface area contributed by atoms with Gasteiger partial charge < -0.3 is 0 Å². The van der Waals surface area contributed by atoms with Gasteiger partial charge in [0.15, 0.2) is 0 Å². The molecule has 5 nitrogen and oxygen atoms in total. The lowest BCUT2D eigenvalue weighted by Gasteiger charge is -1.69. The van der Waals surface area contributed by atoms with Crippen LogP contribution in [0.15, 0.2) is 6.20 Å². The van der Waals surface area contributed by atoms with Crippen molar-refractivity contribution in [3.05, 3.63) is 6.20 Å². The summed E-state index contributed by atoms with van der Waals surface area (Å²) in [6.45, 7) is 0. The number of fused-ring (bicyclic) bond motifs is 1. The molecule has 0 radical (unpaired) electrons. The number of H-pyrrole nitrogens is 2. The summed E-state index contributed by atoms with van der Waals surface area (Å²) < 4.78 is 0. The van der Waals surface area contributed by atoms with Crippen molar-refractivity contribution in [2.45, 2.75) is 0 Å². The maximum Gasteiger partial charge on any atom is 0.222 e. The largest absolute Gasteiger partial charge is 0.280 e. The summed E-state index contributed by atoms with van der Waals surface area (Å²) in [7, 11) is 0. The molecule has 2 N–H and O–H groups in total. The Bertz CT molecular complexity index is 199. The molecule has 40 valence electrons. The van der Waals surface area contributed by atoms with Crippen LogP contribution >= 0.6 is 0 Å². The van der Waals surface area contributed by atoms with Gasteiger partial charge in [0.1, 0.15) is 5.69 Å². The molecule has 0 unspecified atom stereocenters. The van der Waals surface area contributed by atoms with Crippen molar-refractivity contribution in [3.8, 4) is 11.5 Å². The third-order valence-corrected chi connectivity index (χ3v) is 0.933. The monoisotopic (exact) mass is 109 g/mol. The van der Waals surface area contributed by atoms with Crippen LogP contribution in [-0.4, -0.2) is 25.6 Å². The molecule has 0 saturated heterocycles. The van der Waals surface area contributed by atoms with Crippen LogP contribution in [-0.2, 0) is 0 Å². The Morgan fingerprint density at radius 3 is 3.38 bits per heavy atom. The van der Waals surface area contributed by atoms with Crippen molar-refractivity contribution < 1.29 is 0 Å². The van der Waals surface area contributed by atoms with Crippen LogP contribution in [0.4, 0.5) is 0 Å². The predicted molar refractivity (Wildman–Crippen MR) is 25.2 cm³/mol. The summed E-state index contributed by atoms with van der Waals surface area (Å²) >= 11 is 0. The fourth-order valence-corrected chi connectivity index (χ4v) is 0.565. The lowest BCUT2D eigenvalue weighted by molar-refractivity contribution is 0.924. The third kappa shape index (κ3) is 0.281. The fourth-order valence-electron chi connectivity index (χ4n) is 0.565. The average Bonchev–Trinajstić information content (AvgIpc) is 2.15. The SMILES string of the molecule is c1nnc2n[nH][nH]c1-2. The highest BCUT2D eigenvalue weighted by molar-refractivity contribution is 5.45. The molecule has 0 bridgehead atoms. The second kappa shape index (κ2) is 1.06. The topological polar surface area (TPSA) is 70.2 Å². The number of rotatable bonds is 0. The highest BCUT2D eigenvalue weighted by Crippen LogP contribution is 2.07. The molecule has 0 fully saturated rings. The fraction of sp³-hybridized carbons (Fsp3) is 0. The summed E-state index contributed by atoms with van der Waals surface area (Å²) in [6, 6.07) is 0. The van der Waals surface area contributed by atoms with E-state index in [0.29, 0.717) is 5.82 Å². The molecule has 2 aliphatic heterocycles. The van der Waals surface area contributed by atoms with E-state index in [4.69, 9.17) is 0 Å². The first-order chi connectivity index (χ1) is 3.97. The second-order valence-electron chi connectivity index (χ2n) is 1.43. The first-order valence-electron chi connectivity index (χ1n) is 2.17. The van der Waals surface area contributed by atoms with Gasteiger partial charge in [-0.3, -0.25) is 5.10 Å². The Hall–Kier alpha value is -1.39. The van der Waals surface area contributed by atoms with E-state index in [1.807, 2.05) is 0 Å². The van der Waals surface area contributed by atoms with Crippen LogP contribution < -0.4 is 0 Å². The minimum atomic E-state index is 0.630. The zero-order valence-electron chi connectivity index (χ0n) is 3.92. The molecular formula is C3H3N5. The van der Waals surface area contributed by atoms with Crippen molar-refractivity contribution in [1.82, 2.24) is 25.6 Å². The highest BCUT2D eigenvalue weighted by Gasteiger charge is 2.04. The molecule has 0 aromatic rings. The van der Waals surface area contributed by atoms with Gasteiger partial charge >= 0.3 is 0 Å². The van der Waals surface area contributed by atoms with Crippen LogP contribution in [0.3, 0.4) is 0 Å². The molecule has 2 heterocycles. The lowest BCUT2D eigenvalue weighted by Crippen LogP contribution is -1.71. The molecule has 0 spiro atoms. The normalized spacial score (nSPS) is 10.5. The van der Waals surface area contributed by atoms with Gasteiger partial charge in [0, 0.05) is 0 Å². The van der Waals surface area contributed by atoms with Crippen LogP contribution in [0.5, 0.6) is 0 Å². The van der Waals surface area contributed by atoms with Crippen LogP contribution in [0.2, 0.25) is 0 Å². The highest BCUT2D eigenvalue weighted by atomic mass is 15.4. The Kier molecular flexibility index (Phi) is 0.476. The molecule has 0 amide bonds. The van der Waals surface area contributed by atoms with Crippen molar-refractivity contribution in [2.75, 3.05) is 0 Å². The van der Waals surface area contributed by atoms with E-state index in [0.717, 1.165) is 5.69 Å². The third-order valence-electron chi connectivity index (χ3n) is 0.933. The van der Waals surface area contributed by atoms with Gasteiger partial charge in [-0.25, -0.2) is 5.21 Å². The molecule has 0 aliphatic carbocycles. The number of hydrogen-bond donors (Lipinski definition) is 2. The summed E-state index contributed by atoms with van der Waals surface area (Å²) in [5.41, 5.74) is 0.838. The molecule has 2 rings (SSSR count). The van der Waals surface area contributed by atoms with Crippen molar-refractivity contribution in [3.63, 3.8) is 0 Å². The first-order valence-corrected chi connectivity index (χ1v) is 2.17. The molecular weight excluding hydrogens is 106 g/mol. The van der Waals surface area contributed by atoms with E-state index in [9.17, 15) is 0 Å². The van der Waals surface area contributed by atoms with E-state index in [1.165, 1.54) is 0 Å². The standard InChI is InChI=1S/C3H3N5/c1-2-3(6-4-1)7-8-5-2/h1,5,8H. The zero-order valence-corrected chi connectivity index (χ0v) is 3.92. The van der Waals surface area contributed by atoms with Gasteiger partial charge in [-0.05, 0) is 0 Å². The Morgan fingerprint density at radius 1 is 1.50 bits per heavy atom. The summed E-state index contributed by atoms with van der Waals surface area (Å²) in [5, 5.41) is 16.3. The summed E-state index contributed by atoms with van der Waals surface area (Å²) in [4.78, 5) is 0. The molecule has 0 aromatic carbocycles. The number of aromatic nitrogens is 5. The molecule has 0 aromatic heterocycles. The molecule has 0 saturated carbocycles. The predicted octanol–water partition coefficient (Wildman–Crippen LogP) is -0.367. The summed E-state index contributed by atoms with van der Waals surface area (Å²) in [6.07, 6.45) is 1.61. The van der Waals surface area contributed by atoms with E-state index >= 15 is 0 Å². The Morgan fingerprint density at radius 2 is 2.50 bits per heavy atom. The van der Waals surface area contributed by atoms with E-state index in [2.05, 4.69) is 25.6 Å². The van der Waals surface area contributed by atoms with Crippen molar-refractivity contribution in [1.29, 1.82) is 0 Å². The quantitative estimate of drug-likeness (QED) is 0.485. The second-order valence-corrected chi connectivity index (χ2v) is 1.43. The minimum absolute atomic E-state index is 0.630. The van der Waals surface area contributed by atoms with Crippen LogP contribution in [0, 0.1) is 0 Å². The zero-order chi connectivity index (χ0) is 5.40. The van der Waals surface area contributed by atoms with Gasteiger partial charge in [0.25, 0.3) is 0 Å². The summed E-state index contributed by atoms with van der Waals surface area (Å²) in [5.74, 6) is 0.630. The van der Waals surface area contributed by atoms with E-state index < -0.39 is 0 Å². The number of nitrogens with one attached hydrogen (secondary N) is 2. The average molecular weight is 109 g/mol. The molecule has 2 aliphatic rings. The molecule has 5 heteroatoms. The van der Waals surface area contributed by atoms with Crippen LogP contribution in [0.25, 0.3) is 11.5 Å². The van der Waals surface area contributed by atoms with E-state index in [-0.39, 0.29) is 0 Å². The maximum atomic E-state index is 3.72. The number of aromatic amines is 2. The smallest absolute Gasteiger partial charge is 0.222 e. The van der Waals surface area contributed by atoms with Gasteiger partial charge in [0.2, 0.25) is 5.82 Å². The van der Waals surface area contributed by atoms with Gasteiger partial charge in [-0.1, -0.05) is 0 Å². The molecule has 0 atom stereocenters. The maximum absolute atomic E-state index is 3.72. The Balaban J connectivity index is 2.84. The van der Waals surface area contributed by atoms with Crippen LogP contribution in [0.1, 0.15) is 0 Å². The van der Waals surface area contributed by atoms with Crippen molar-refractivity contribution >= 4 is 0 Å². The van der Waals surface area contributed by atoms with Gasteiger partial charge in [-0.2, -0.15) is 5.10 Å². The van der Waals surface area contributed by atoms with Crippen molar-refractivity contribution in [2.24, 2.45) is 0 Å². The number of nitrogens with zero attached hydrogens (tertiary/aromatic N) is 3. The molecule has 8 heavy (non-hydrogen) atoms. The lowest BCUT2D eigenvalue weighted by atomic mass is 10.5.